The van der Waals surface area contributed by atoms with Crippen molar-refractivity contribution in [3.05, 3.63) is 41.9 Å². The number of aromatic nitrogens is 4. The van der Waals surface area contributed by atoms with Crippen LogP contribution in [0.1, 0.15) is 6.92 Å². The van der Waals surface area contributed by atoms with Crippen molar-refractivity contribution in [1.82, 2.24) is 19.7 Å². The van der Waals surface area contributed by atoms with E-state index in [1.54, 1.807) is 29.3 Å². The third-order valence-electron chi connectivity index (χ3n) is 2.92. The molecule has 0 unspecified atom stereocenters. The number of ether oxygens (including phenoxy) is 1. The van der Waals surface area contributed by atoms with Gasteiger partial charge in [-0.05, 0) is 19.1 Å². The fraction of sp³-hybridized carbons (Fsp3) is 0.214. The van der Waals surface area contributed by atoms with Gasteiger partial charge in [0.2, 0.25) is 0 Å². The molecule has 0 saturated carbocycles. The molecule has 0 aliphatic heterocycles. The lowest BCUT2D eigenvalue weighted by molar-refractivity contribution is 0.0792. The molecule has 3 heterocycles. The SMILES string of the molecule is CCOCn1cc(-c2cnc3c(Cl)ccnc3c2)cn1. The molecular formula is C14H13ClN4O. The molecule has 0 radical (unpaired) electrons. The van der Waals surface area contributed by atoms with Crippen LogP contribution >= 0.6 is 11.6 Å². The highest BCUT2D eigenvalue weighted by Gasteiger charge is 2.06. The number of hydrogen-bond acceptors (Lipinski definition) is 4. The molecule has 0 aliphatic rings. The Kier molecular flexibility index (Phi) is 3.62. The molecule has 102 valence electrons. The smallest absolute Gasteiger partial charge is 0.139 e. The van der Waals surface area contributed by atoms with Crippen LogP contribution in [0.25, 0.3) is 22.2 Å². The molecule has 6 heteroatoms. The normalized spacial score (nSPS) is 11.1. The molecule has 0 N–H and O–H groups in total. The molecule has 0 saturated heterocycles. The van der Waals surface area contributed by atoms with E-state index >= 15 is 0 Å². The quantitative estimate of drug-likeness (QED) is 0.740. The summed E-state index contributed by atoms with van der Waals surface area (Å²) in [4.78, 5) is 8.65. The van der Waals surface area contributed by atoms with Crippen LogP contribution in [0.2, 0.25) is 5.02 Å². The molecular weight excluding hydrogens is 276 g/mol. The van der Waals surface area contributed by atoms with Gasteiger partial charge in [-0.25, -0.2) is 4.68 Å². The minimum atomic E-state index is 0.446. The molecule has 3 aromatic rings. The second-order valence-electron chi connectivity index (χ2n) is 4.27. The Morgan fingerprint density at radius 2 is 2.15 bits per heavy atom. The summed E-state index contributed by atoms with van der Waals surface area (Å²) in [7, 11) is 0. The highest BCUT2D eigenvalue weighted by molar-refractivity contribution is 6.34. The topological polar surface area (TPSA) is 52.8 Å². The minimum Gasteiger partial charge on any atom is -0.360 e. The molecule has 3 aromatic heterocycles. The summed E-state index contributed by atoms with van der Waals surface area (Å²) in [6, 6.07) is 3.69. The lowest BCUT2D eigenvalue weighted by Gasteiger charge is -2.02. The molecule has 0 spiro atoms. The molecule has 0 fully saturated rings. The average Bonchev–Trinajstić information content (AvgIpc) is 2.94. The van der Waals surface area contributed by atoms with Crippen molar-refractivity contribution in [2.24, 2.45) is 0 Å². The van der Waals surface area contributed by atoms with Crippen LogP contribution in [-0.4, -0.2) is 26.4 Å². The van der Waals surface area contributed by atoms with Crippen molar-refractivity contribution in [2.75, 3.05) is 6.61 Å². The van der Waals surface area contributed by atoms with Gasteiger partial charge < -0.3 is 4.74 Å². The van der Waals surface area contributed by atoms with Crippen molar-refractivity contribution < 1.29 is 4.74 Å². The van der Waals surface area contributed by atoms with Crippen LogP contribution in [0, 0.1) is 0 Å². The summed E-state index contributed by atoms with van der Waals surface area (Å²) in [6.45, 7) is 3.06. The predicted molar refractivity (Wildman–Crippen MR) is 77.4 cm³/mol. The number of halogens is 1. The van der Waals surface area contributed by atoms with Gasteiger partial charge in [-0.3, -0.25) is 9.97 Å². The predicted octanol–water partition coefficient (Wildman–Crippen LogP) is 3.14. The first-order chi connectivity index (χ1) is 9.78. The lowest BCUT2D eigenvalue weighted by Crippen LogP contribution is -2.01. The van der Waals surface area contributed by atoms with Gasteiger partial charge in [-0.15, -0.1) is 0 Å². The van der Waals surface area contributed by atoms with E-state index in [0.29, 0.717) is 23.9 Å². The average molecular weight is 289 g/mol. The van der Waals surface area contributed by atoms with Gasteiger partial charge in [0.05, 0.1) is 16.7 Å². The van der Waals surface area contributed by atoms with Crippen LogP contribution in [0.15, 0.2) is 36.9 Å². The van der Waals surface area contributed by atoms with Gasteiger partial charge in [0, 0.05) is 36.3 Å². The maximum absolute atomic E-state index is 6.08. The number of pyridine rings is 2. The van der Waals surface area contributed by atoms with E-state index in [0.717, 1.165) is 16.6 Å². The van der Waals surface area contributed by atoms with E-state index in [2.05, 4.69) is 15.1 Å². The first-order valence-corrected chi connectivity index (χ1v) is 6.66. The van der Waals surface area contributed by atoms with Gasteiger partial charge in [0.25, 0.3) is 0 Å². The molecule has 20 heavy (non-hydrogen) atoms. The molecule has 3 rings (SSSR count). The zero-order valence-electron chi connectivity index (χ0n) is 11.0. The Hall–Kier alpha value is -1.98. The van der Waals surface area contributed by atoms with Crippen LogP contribution in [0.5, 0.6) is 0 Å². The van der Waals surface area contributed by atoms with Crippen LogP contribution in [0.3, 0.4) is 0 Å². The minimum absolute atomic E-state index is 0.446. The Balaban J connectivity index is 1.95. The van der Waals surface area contributed by atoms with Crippen molar-refractivity contribution in [3.63, 3.8) is 0 Å². The Bertz CT molecular complexity index is 741. The van der Waals surface area contributed by atoms with E-state index < -0.39 is 0 Å². The van der Waals surface area contributed by atoms with Crippen LogP contribution in [0.4, 0.5) is 0 Å². The molecule has 0 aliphatic carbocycles. The third kappa shape index (κ3) is 2.50. The maximum Gasteiger partial charge on any atom is 0.139 e. The highest BCUT2D eigenvalue weighted by atomic mass is 35.5. The number of fused-ring (bicyclic) bond motifs is 1. The number of rotatable bonds is 4. The summed E-state index contributed by atoms with van der Waals surface area (Å²) in [5.74, 6) is 0. The fourth-order valence-electron chi connectivity index (χ4n) is 1.92. The molecule has 0 amide bonds. The van der Waals surface area contributed by atoms with Crippen molar-refractivity contribution >= 4 is 22.6 Å². The van der Waals surface area contributed by atoms with Gasteiger partial charge in [0.15, 0.2) is 0 Å². The van der Waals surface area contributed by atoms with E-state index in [4.69, 9.17) is 16.3 Å². The largest absolute Gasteiger partial charge is 0.360 e. The van der Waals surface area contributed by atoms with E-state index in [1.807, 2.05) is 19.2 Å². The third-order valence-corrected chi connectivity index (χ3v) is 3.23. The van der Waals surface area contributed by atoms with Gasteiger partial charge in [-0.2, -0.15) is 5.10 Å². The summed E-state index contributed by atoms with van der Waals surface area (Å²) in [5, 5.41) is 4.85. The summed E-state index contributed by atoms with van der Waals surface area (Å²) in [6.07, 6.45) is 7.15. The molecule has 5 nitrogen and oxygen atoms in total. The number of nitrogens with zero attached hydrogens (tertiary/aromatic N) is 4. The van der Waals surface area contributed by atoms with E-state index in [1.165, 1.54) is 0 Å². The summed E-state index contributed by atoms with van der Waals surface area (Å²) in [5.41, 5.74) is 3.41. The van der Waals surface area contributed by atoms with Gasteiger partial charge in [0.1, 0.15) is 12.2 Å². The van der Waals surface area contributed by atoms with Crippen molar-refractivity contribution in [1.29, 1.82) is 0 Å². The summed E-state index contributed by atoms with van der Waals surface area (Å²) >= 11 is 6.08. The zero-order valence-corrected chi connectivity index (χ0v) is 11.7. The van der Waals surface area contributed by atoms with E-state index in [9.17, 15) is 0 Å². The van der Waals surface area contributed by atoms with Crippen LogP contribution in [-0.2, 0) is 11.5 Å². The lowest BCUT2D eigenvalue weighted by atomic mass is 10.1. The Labute approximate surface area is 121 Å². The first kappa shape index (κ1) is 13.0. The van der Waals surface area contributed by atoms with Gasteiger partial charge >= 0.3 is 0 Å². The zero-order chi connectivity index (χ0) is 13.9. The van der Waals surface area contributed by atoms with Gasteiger partial charge in [-0.1, -0.05) is 11.6 Å². The second kappa shape index (κ2) is 5.56. The Morgan fingerprint density at radius 1 is 1.25 bits per heavy atom. The van der Waals surface area contributed by atoms with Crippen molar-refractivity contribution in [2.45, 2.75) is 13.7 Å². The molecule has 0 atom stereocenters. The monoisotopic (exact) mass is 288 g/mol. The maximum atomic E-state index is 6.08. The first-order valence-electron chi connectivity index (χ1n) is 6.29. The molecule has 0 bridgehead atoms. The Morgan fingerprint density at radius 3 is 3.00 bits per heavy atom. The standard InChI is InChI=1S/C14H13ClN4O/c1-2-20-9-19-8-11(7-18-19)10-5-13-14(17-6-10)12(15)3-4-16-13/h3-8H,2,9H2,1H3. The second-order valence-corrected chi connectivity index (χ2v) is 4.68. The summed E-state index contributed by atoms with van der Waals surface area (Å²) < 4.78 is 7.05. The highest BCUT2D eigenvalue weighted by Crippen LogP contribution is 2.24. The van der Waals surface area contributed by atoms with Crippen LogP contribution < -0.4 is 0 Å². The molecule has 0 aromatic carbocycles. The van der Waals surface area contributed by atoms with E-state index in [-0.39, 0.29) is 0 Å². The fourth-order valence-corrected chi connectivity index (χ4v) is 2.13. The number of hydrogen-bond donors (Lipinski definition) is 0. The van der Waals surface area contributed by atoms with Crippen molar-refractivity contribution in [3.8, 4) is 11.1 Å².